The van der Waals surface area contributed by atoms with Crippen molar-refractivity contribution in [2.75, 3.05) is 13.6 Å². The lowest BCUT2D eigenvalue weighted by Crippen LogP contribution is -2.29. The zero-order chi connectivity index (χ0) is 12.0. The first-order chi connectivity index (χ1) is 7.65. The van der Waals surface area contributed by atoms with Gasteiger partial charge in [0.25, 0.3) is 5.91 Å². The molecule has 1 aromatic rings. The highest BCUT2D eigenvalue weighted by atomic mass is 19.1. The van der Waals surface area contributed by atoms with Crippen LogP contribution in [0.3, 0.4) is 0 Å². The summed E-state index contributed by atoms with van der Waals surface area (Å²) < 4.78 is 13.1. The molecule has 0 spiro atoms. The molecule has 0 aromatic carbocycles. The fourth-order valence-electron chi connectivity index (χ4n) is 1.07. The first-order valence-electron chi connectivity index (χ1n) is 4.73. The van der Waals surface area contributed by atoms with Crippen LogP contribution in [0, 0.1) is 5.82 Å². The second-order valence-corrected chi connectivity index (χ2v) is 3.03. The molecule has 0 bridgehead atoms. The lowest BCUT2D eigenvalue weighted by Gasteiger charge is -2.04. The van der Waals surface area contributed by atoms with Crippen molar-refractivity contribution in [3.63, 3.8) is 0 Å². The number of amides is 2. The topological polar surface area (TPSA) is 71.1 Å². The number of hydrogen-bond acceptors (Lipinski definition) is 3. The Morgan fingerprint density at radius 1 is 1.50 bits per heavy atom. The van der Waals surface area contributed by atoms with Crippen molar-refractivity contribution in [3.05, 3.63) is 29.8 Å². The lowest BCUT2D eigenvalue weighted by molar-refractivity contribution is -0.120. The number of halogens is 1. The summed E-state index contributed by atoms with van der Waals surface area (Å²) in [7, 11) is 1.51. The van der Waals surface area contributed by atoms with Crippen molar-refractivity contribution in [1.82, 2.24) is 15.6 Å². The van der Waals surface area contributed by atoms with Gasteiger partial charge in [-0.25, -0.2) is 4.39 Å². The number of carbonyl (C=O) groups is 2. The van der Waals surface area contributed by atoms with Crippen LogP contribution in [0.25, 0.3) is 0 Å². The molecule has 2 N–H and O–H groups in total. The van der Waals surface area contributed by atoms with Gasteiger partial charge in [0.05, 0.1) is 11.8 Å². The average molecular weight is 225 g/mol. The summed E-state index contributed by atoms with van der Waals surface area (Å²) in [6.07, 6.45) is 2.46. The number of hydrogen-bond donors (Lipinski definition) is 2. The highest BCUT2D eigenvalue weighted by Gasteiger charge is 2.10. The van der Waals surface area contributed by atoms with Gasteiger partial charge in [-0.05, 0) is 6.07 Å². The minimum atomic E-state index is -0.681. The molecule has 0 aliphatic carbocycles. The van der Waals surface area contributed by atoms with E-state index in [4.69, 9.17) is 0 Å². The van der Waals surface area contributed by atoms with Crippen LogP contribution in [0.2, 0.25) is 0 Å². The van der Waals surface area contributed by atoms with Crippen molar-refractivity contribution < 1.29 is 14.0 Å². The third-order valence-corrected chi connectivity index (χ3v) is 1.93. The molecule has 0 fully saturated rings. The fraction of sp³-hybridized carbons (Fsp3) is 0.300. The van der Waals surface area contributed by atoms with E-state index in [9.17, 15) is 14.0 Å². The summed E-state index contributed by atoms with van der Waals surface area (Å²) in [5.41, 5.74) is -0.0769. The van der Waals surface area contributed by atoms with E-state index in [1.165, 1.54) is 19.3 Å². The number of nitrogens with one attached hydrogen (secondary N) is 2. The Hall–Kier alpha value is -1.98. The van der Waals surface area contributed by atoms with Crippen molar-refractivity contribution in [2.45, 2.75) is 6.42 Å². The second-order valence-electron chi connectivity index (χ2n) is 3.03. The van der Waals surface area contributed by atoms with Gasteiger partial charge in [0.2, 0.25) is 5.91 Å². The van der Waals surface area contributed by atoms with Crippen molar-refractivity contribution >= 4 is 11.8 Å². The van der Waals surface area contributed by atoms with Gasteiger partial charge in [-0.1, -0.05) is 0 Å². The molecule has 2 amide bonds. The Morgan fingerprint density at radius 2 is 2.25 bits per heavy atom. The lowest BCUT2D eigenvalue weighted by atomic mass is 10.2. The van der Waals surface area contributed by atoms with Crippen LogP contribution in [0.15, 0.2) is 18.5 Å². The van der Waals surface area contributed by atoms with Gasteiger partial charge < -0.3 is 10.6 Å². The molecule has 86 valence electrons. The molecular formula is C10H12FN3O2. The highest BCUT2D eigenvalue weighted by Crippen LogP contribution is 2.03. The summed E-state index contributed by atoms with van der Waals surface area (Å²) in [4.78, 5) is 25.8. The molecular weight excluding hydrogens is 213 g/mol. The molecule has 0 aliphatic rings. The van der Waals surface area contributed by atoms with Crippen LogP contribution in [0.4, 0.5) is 4.39 Å². The van der Waals surface area contributed by atoms with Crippen LogP contribution in [-0.2, 0) is 4.79 Å². The van der Waals surface area contributed by atoms with Crippen LogP contribution in [0.5, 0.6) is 0 Å². The standard InChI is InChI=1S/C10H12FN3O2/c1-12-9(15)3-5-14-10(16)7-2-4-13-6-8(7)11/h2,4,6H,3,5H2,1H3,(H,12,15)(H,14,16). The Bertz CT molecular complexity index is 395. The maximum Gasteiger partial charge on any atom is 0.254 e. The summed E-state index contributed by atoms with van der Waals surface area (Å²) in [5.74, 6) is -1.42. The monoisotopic (exact) mass is 225 g/mol. The van der Waals surface area contributed by atoms with E-state index in [0.29, 0.717) is 0 Å². The zero-order valence-electron chi connectivity index (χ0n) is 8.79. The number of pyridine rings is 1. The fourth-order valence-corrected chi connectivity index (χ4v) is 1.07. The first kappa shape index (κ1) is 12.1. The third kappa shape index (κ3) is 3.30. The normalized spacial score (nSPS) is 9.62. The summed E-state index contributed by atoms with van der Waals surface area (Å²) in [6, 6.07) is 1.28. The zero-order valence-corrected chi connectivity index (χ0v) is 8.79. The molecule has 1 heterocycles. The van der Waals surface area contributed by atoms with Gasteiger partial charge >= 0.3 is 0 Å². The third-order valence-electron chi connectivity index (χ3n) is 1.93. The maximum absolute atomic E-state index is 13.1. The Labute approximate surface area is 92.1 Å². The number of rotatable bonds is 4. The van der Waals surface area contributed by atoms with E-state index in [0.717, 1.165) is 6.20 Å². The SMILES string of the molecule is CNC(=O)CCNC(=O)c1ccncc1F. The molecule has 1 rings (SSSR count). The van der Waals surface area contributed by atoms with E-state index in [1.54, 1.807) is 0 Å². The van der Waals surface area contributed by atoms with Crippen molar-refractivity contribution in [3.8, 4) is 0 Å². The Morgan fingerprint density at radius 3 is 2.88 bits per heavy atom. The summed E-state index contributed by atoms with van der Waals surface area (Å²) >= 11 is 0. The molecule has 16 heavy (non-hydrogen) atoms. The number of aromatic nitrogens is 1. The Balaban J connectivity index is 2.47. The van der Waals surface area contributed by atoms with E-state index in [-0.39, 0.29) is 24.4 Å². The predicted octanol–water partition coefficient (Wildman–Crippen LogP) is 0.0866. The van der Waals surface area contributed by atoms with Gasteiger partial charge in [-0.2, -0.15) is 0 Å². The Kier molecular flexibility index (Phi) is 4.38. The maximum atomic E-state index is 13.1. The first-order valence-corrected chi connectivity index (χ1v) is 4.73. The molecule has 0 radical (unpaired) electrons. The molecule has 0 unspecified atom stereocenters. The highest BCUT2D eigenvalue weighted by molar-refractivity contribution is 5.94. The minimum Gasteiger partial charge on any atom is -0.359 e. The predicted molar refractivity (Wildman–Crippen MR) is 55.2 cm³/mol. The van der Waals surface area contributed by atoms with Gasteiger partial charge in [0, 0.05) is 26.2 Å². The number of nitrogens with zero attached hydrogens (tertiary/aromatic N) is 1. The molecule has 0 saturated heterocycles. The molecule has 0 aliphatic heterocycles. The van der Waals surface area contributed by atoms with Crippen molar-refractivity contribution in [2.24, 2.45) is 0 Å². The van der Waals surface area contributed by atoms with Crippen LogP contribution >= 0.6 is 0 Å². The molecule has 6 heteroatoms. The van der Waals surface area contributed by atoms with Gasteiger partial charge in [-0.3, -0.25) is 14.6 Å². The largest absolute Gasteiger partial charge is 0.359 e. The molecule has 0 saturated carbocycles. The van der Waals surface area contributed by atoms with Crippen LogP contribution in [0.1, 0.15) is 16.8 Å². The minimum absolute atomic E-state index is 0.0769. The summed E-state index contributed by atoms with van der Waals surface area (Å²) in [5, 5.41) is 4.85. The molecule has 1 aromatic heterocycles. The van der Waals surface area contributed by atoms with E-state index in [1.807, 2.05) is 0 Å². The smallest absolute Gasteiger partial charge is 0.254 e. The molecule has 0 atom stereocenters. The van der Waals surface area contributed by atoms with E-state index in [2.05, 4.69) is 15.6 Å². The quantitative estimate of drug-likeness (QED) is 0.762. The van der Waals surface area contributed by atoms with Gasteiger partial charge in [0.1, 0.15) is 0 Å². The summed E-state index contributed by atoms with van der Waals surface area (Å²) in [6.45, 7) is 0.167. The van der Waals surface area contributed by atoms with E-state index < -0.39 is 11.7 Å². The van der Waals surface area contributed by atoms with Gasteiger partial charge in [0.15, 0.2) is 5.82 Å². The number of carbonyl (C=O) groups excluding carboxylic acids is 2. The molecule has 5 nitrogen and oxygen atoms in total. The van der Waals surface area contributed by atoms with Gasteiger partial charge in [-0.15, -0.1) is 0 Å². The van der Waals surface area contributed by atoms with Crippen LogP contribution in [-0.4, -0.2) is 30.4 Å². The second kappa shape index (κ2) is 5.79. The van der Waals surface area contributed by atoms with Crippen molar-refractivity contribution in [1.29, 1.82) is 0 Å². The van der Waals surface area contributed by atoms with E-state index >= 15 is 0 Å². The van der Waals surface area contributed by atoms with Crippen LogP contribution < -0.4 is 10.6 Å². The average Bonchev–Trinajstić information content (AvgIpc) is 2.29.